The summed E-state index contributed by atoms with van der Waals surface area (Å²) in [5, 5.41) is 3.70. The Kier molecular flexibility index (Phi) is 6.04. The summed E-state index contributed by atoms with van der Waals surface area (Å²) in [5.41, 5.74) is 1.81. The summed E-state index contributed by atoms with van der Waals surface area (Å²) in [4.78, 5) is 1.39. The molecule has 1 saturated carbocycles. The lowest BCUT2D eigenvalue weighted by Gasteiger charge is -2.37. The van der Waals surface area contributed by atoms with E-state index in [1.807, 2.05) is 11.8 Å². The number of thioether (sulfide) groups is 1. The van der Waals surface area contributed by atoms with Gasteiger partial charge in [-0.1, -0.05) is 39.8 Å². The smallest absolute Gasteiger partial charge is 0.0478 e. The van der Waals surface area contributed by atoms with Crippen molar-refractivity contribution in [2.45, 2.75) is 58.3 Å². The highest BCUT2D eigenvalue weighted by Crippen LogP contribution is 2.40. The fourth-order valence-corrected chi connectivity index (χ4v) is 4.16. The lowest BCUT2D eigenvalue weighted by molar-refractivity contribution is 0.153. The predicted octanol–water partition coefficient (Wildman–Crippen LogP) is 6.06. The average Bonchev–Trinajstić information content (AvgIpc) is 2.46. The molecule has 1 nitrogen and oxygen atoms in total. The second kappa shape index (κ2) is 7.58. The van der Waals surface area contributed by atoms with Gasteiger partial charge in [0.05, 0.1) is 0 Å². The molecule has 1 aliphatic carbocycles. The van der Waals surface area contributed by atoms with Crippen LogP contribution >= 0.6 is 11.8 Å². The van der Waals surface area contributed by atoms with Crippen molar-refractivity contribution >= 4 is 17.4 Å². The highest BCUT2D eigenvalue weighted by molar-refractivity contribution is 7.99. The van der Waals surface area contributed by atoms with Gasteiger partial charge in [-0.15, -0.1) is 11.8 Å². The Bertz CT molecular complexity index is 427. The van der Waals surface area contributed by atoms with Crippen molar-refractivity contribution in [3.05, 3.63) is 24.3 Å². The van der Waals surface area contributed by atoms with Gasteiger partial charge in [-0.3, -0.25) is 0 Å². The molecule has 0 aliphatic heterocycles. The van der Waals surface area contributed by atoms with Crippen LogP contribution in [0.3, 0.4) is 0 Å². The van der Waals surface area contributed by atoms with E-state index >= 15 is 0 Å². The molecule has 0 radical (unpaired) electrons. The summed E-state index contributed by atoms with van der Waals surface area (Å²) in [6.45, 7) is 10.5. The van der Waals surface area contributed by atoms with E-state index in [1.165, 1.54) is 36.3 Å². The SMILES string of the molecule is CCSc1ccccc1NCC1CCC(C(C)(C)C)CC1. The molecule has 1 aromatic carbocycles. The molecule has 0 spiro atoms. The number of rotatable bonds is 5. The first-order valence-corrected chi connectivity index (χ1v) is 9.45. The van der Waals surface area contributed by atoms with Gasteiger partial charge in [0.15, 0.2) is 0 Å². The summed E-state index contributed by atoms with van der Waals surface area (Å²) < 4.78 is 0. The molecule has 1 fully saturated rings. The van der Waals surface area contributed by atoms with Crippen molar-refractivity contribution in [3.63, 3.8) is 0 Å². The molecule has 0 aromatic heterocycles. The Balaban J connectivity index is 1.82. The van der Waals surface area contributed by atoms with Crippen molar-refractivity contribution in [1.29, 1.82) is 0 Å². The van der Waals surface area contributed by atoms with Gasteiger partial charge >= 0.3 is 0 Å². The quantitative estimate of drug-likeness (QED) is 0.663. The van der Waals surface area contributed by atoms with Gasteiger partial charge in [0, 0.05) is 17.1 Å². The molecule has 1 aliphatic rings. The van der Waals surface area contributed by atoms with E-state index < -0.39 is 0 Å². The number of hydrogen-bond acceptors (Lipinski definition) is 2. The third-order valence-electron chi connectivity index (χ3n) is 4.84. The summed E-state index contributed by atoms with van der Waals surface area (Å²) >= 11 is 1.93. The fraction of sp³-hybridized carbons (Fsp3) is 0.684. The predicted molar refractivity (Wildman–Crippen MR) is 96.2 cm³/mol. The van der Waals surface area contributed by atoms with Gasteiger partial charge < -0.3 is 5.32 Å². The van der Waals surface area contributed by atoms with Crippen LogP contribution in [0.1, 0.15) is 53.4 Å². The van der Waals surface area contributed by atoms with Crippen molar-refractivity contribution in [1.82, 2.24) is 0 Å². The van der Waals surface area contributed by atoms with Crippen LogP contribution in [-0.4, -0.2) is 12.3 Å². The molecular formula is C19H31NS. The van der Waals surface area contributed by atoms with E-state index in [1.54, 1.807) is 0 Å². The second-order valence-electron chi connectivity index (χ2n) is 7.39. The molecule has 0 amide bonds. The monoisotopic (exact) mass is 305 g/mol. The summed E-state index contributed by atoms with van der Waals surface area (Å²) in [7, 11) is 0. The first kappa shape index (κ1) is 16.7. The van der Waals surface area contributed by atoms with Crippen LogP contribution in [-0.2, 0) is 0 Å². The Morgan fingerprint density at radius 1 is 1.10 bits per heavy atom. The average molecular weight is 306 g/mol. The first-order chi connectivity index (χ1) is 10.0. The molecule has 21 heavy (non-hydrogen) atoms. The lowest BCUT2D eigenvalue weighted by atomic mass is 9.70. The van der Waals surface area contributed by atoms with Gasteiger partial charge in [0.2, 0.25) is 0 Å². The summed E-state index contributed by atoms with van der Waals surface area (Å²) in [6, 6.07) is 8.72. The third kappa shape index (κ3) is 4.95. The zero-order valence-corrected chi connectivity index (χ0v) is 14.9. The molecule has 1 N–H and O–H groups in total. The largest absolute Gasteiger partial charge is 0.384 e. The number of benzene rings is 1. The second-order valence-corrected chi connectivity index (χ2v) is 8.70. The minimum atomic E-state index is 0.489. The molecule has 0 unspecified atom stereocenters. The minimum absolute atomic E-state index is 0.489. The van der Waals surface area contributed by atoms with Crippen molar-refractivity contribution in [3.8, 4) is 0 Å². The Hall–Kier alpha value is -0.630. The van der Waals surface area contributed by atoms with Crippen LogP contribution in [0.2, 0.25) is 0 Å². The zero-order valence-electron chi connectivity index (χ0n) is 14.1. The van der Waals surface area contributed by atoms with Crippen LogP contribution in [0, 0.1) is 17.3 Å². The van der Waals surface area contributed by atoms with Gasteiger partial charge in [-0.2, -0.15) is 0 Å². The van der Waals surface area contributed by atoms with Crippen molar-refractivity contribution in [2.75, 3.05) is 17.6 Å². The van der Waals surface area contributed by atoms with Gasteiger partial charge in [0.1, 0.15) is 0 Å². The topological polar surface area (TPSA) is 12.0 Å². The molecule has 0 heterocycles. The van der Waals surface area contributed by atoms with Crippen LogP contribution in [0.5, 0.6) is 0 Å². The maximum Gasteiger partial charge on any atom is 0.0478 e. The molecule has 2 heteroatoms. The number of hydrogen-bond donors (Lipinski definition) is 1. The highest BCUT2D eigenvalue weighted by atomic mass is 32.2. The Morgan fingerprint density at radius 3 is 2.38 bits per heavy atom. The third-order valence-corrected chi connectivity index (χ3v) is 5.80. The Morgan fingerprint density at radius 2 is 1.76 bits per heavy atom. The molecule has 0 atom stereocenters. The van der Waals surface area contributed by atoms with Crippen LogP contribution in [0.15, 0.2) is 29.2 Å². The molecular weight excluding hydrogens is 274 g/mol. The normalized spacial score (nSPS) is 23.0. The summed E-state index contributed by atoms with van der Waals surface area (Å²) in [5.74, 6) is 2.90. The minimum Gasteiger partial charge on any atom is -0.384 e. The first-order valence-electron chi connectivity index (χ1n) is 8.46. The van der Waals surface area contributed by atoms with Crippen LogP contribution in [0.25, 0.3) is 0 Å². The highest BCUT2D eigenvalue weighted by Gasteiger charge is 2.29. The standard InChI is InChI=1S/C19H31NS/c1-5-21-18-9-7-6-8-17(18)20-14-15-10-12-16(13-11-15)19(2,3)4/h6-9,15-16,20H,5,10-14H2,1-4H3. The van der Waals surface area contributed by atoms with Gasteiger partial charge in [-0.05, 0) is 60.8 Å². The molecule has 0 saturated heterocycles. The maximum absolute atomic E-state index is 3.70. The van der Waals surface area contributed by atoms with E-state index in [9.17, 15) is 0 Å². The van der Waals surface area contributed by atoms with E-state index in [2.05, 4.69) is 57.3 Å². The number of nitrogens with one attached hydrogen (secondary N) is 1. The van der Waals surface area contributed by atoms with E-state index in [4.69, 9.17) is 0 Å². The molecule has 1 aromatic rings. The molecule has 2 rings (SSSR count). The van der Waals surface area contributed by atoms with Crippen molar-refractivity contribution in [2.24, 2.45) is 17.3 Å². The number of para-hydroxylation sites is 1. The van der Waals surface area contributed by atoms with Crippen LogP contribution in [0.4, 0.5) is 5.69 Å². The van der Waals surface area contributed by atoms with E-state index in [0.29, 0.717) is 5.41 Å². The molecule has 0 bridgehead atoms. The van der Waals surface area contributed by atoms with Crippen LogP contribution < -0.4 is 5.32 Å². The molecule has 118 valence electrons. The summed E-state index contributed by atoms with van der Waals surface area (Å²) in [6.07, 6.45) is 5.58. The Labute approximate surface area is 135 Å². The van der Waals surface area contributed by atoms with E-state index in [-0.39, 0.29) is 0 Å². The maximum atomic E-state index is 3.70. The lowest BCUT2D eigenvalue weighted by Crippen LogP contribution is -2.28. The fourth-order valence-electron chi connectivity index (χ4n) is 3.38. The zero-order chi connectivity index (χ0) is 15.3. The van der Waals surface area contributed by atoms with Gasteiger partial charge in [0.25, 0.3) is 0 Å². The number of anilines is 1. The van der Waals surface area contributed by atoms with Gasteiger partial charge in [-0.25, -0.2) is 0 Å². The van der Waals surface area contributed by atoms with E-state index in [0.717, 1.165) is 24.1 Å². The van der Waals surface area contributed by atoms with Crippen molar-refractivity contribution < 1.29 is 0 Å².